The van der Waals surface area contributed by atoms with Gasteiger partial charge < -0.3 is 14.5 Å². The van der Waals surface area contributed by atoms with Crippen molar-refractivity contribution in [3.63, 3.8) is 0 Å². The first-order valence-corrected chi connectivity index (χ1v) is 7.98. The van der Waals surface area contributed by atoms with Gasteiger partial charge in [0.25, 0.3) is 5.91 Å². The predicted molar refractivity (Wildman–Crippen MR) is 81.1 cm³/mol. The Kier molecular flexibility index (Phi) is 4.17. The molecular weight excluding hydrogens is 328 g/mol. The average molecular weight is 341 g/mol. The van der Waals surface area contributed by atoms with Crippen LogP contribution in [0.5, 0.6) is 0 Å². The van der Waals surface area contributed by atoms with Gasteiger partial charge in [-0.05, 0) is 25.0 Å². The van der Waals surface area contributed by atoms with Gasteiger partial charge in [-0.3, -0.25) is 9.59 Å². The molecule has 0 bridgehead atoms. The molecule has 0 spiro atoms. The molecule has 3 heterocycles. The molecular formula is C14H13ClN2O4S. The zero-order valence-electron chi connectivity index (χ0n) is 11.5. The molecule has 0 aromatic carbocycles. The molecule has 0 saturated carbocycles. The number of thiophene rings is 1. The fourth-order valence-corrected chi connectivity index (χ4v) is 3.46. The molecule has 2 aromatic rings. The van der Waals surface area contributed by atoms with Crippen LogP contribution in [0.1, 0.15) is 23.3 Å². The zero-order valence-corrected chi connectivity index (χ0v) is 13.1. The van der Waals surface area contributed by atoms with E-state index in [4.69, 9.17) is 21.2 Å². The molecule has 1 aliphatic rings. The normalized spacial score (nSPS) is 18.4. The molecule has 0 aliphatic carbocycles. The van der Waals surface area contributed by atoms with Crippen molar-refractivity contribution in [1.29, 1.82) is 0 Å². The Hall–Kier alpha value is -1.86. The Morgan fingerprint density at radius 2 is 2.27 bits per heavy atom. The van der Waals surface area contributed by atoms with Crippen LogP contribution in [0.25, 0.3) is 10.6 Å². The number of hydrogen-bond donors (Lipinski definition) is 1. The van der Waals surface area contributed by atoms with Crippen LogP contribution in [0.2, 0.25) is 4.34 Å². The second-order valence-corrected chi connectivity index (χ2v) is 6.82. The monoisotopic (exact) mass is 340 g/mol. The number of halogens is 1. The molecule has 1 N–H and O–H groups in total. The fourth-order valence-electron chi connectivity index (χ4n) is 2.46. The number of piperidine rings is 1. The molecule has 116 valence electrons. The Morgan fingerprint density at radius 1 is 1.45 bits per heavy atom. The molecule has 1 fully saturated rings. The van der Waals surface area contributed by atoms with E-state index in [1.165, 1.54) is 16.2 Å². The summed E-state index contributed by atoms with van der Waals surface area (Å²) in [6.07, 6.45) is 1.27. The number of nitrogens with zero attached hydrogens (tertiary/aromatic N) is 2. The number of aromatic nitrogens is 1. The van der Waals surface area contributed by atoms with E-state index in [1.807, 2.05) is 0 Å². The molecule has 3 rings (SSSR count). The minimum atomic E-state index is -0.869. The fraction of sp³-hybridized carbons (Fsp3) is 0.357. The summed E-state index contributed by atoms with van der Waals surface area (Å²) < 4.78 is 5.81. The van der Waals surface area contributed by atoms with Gasteiger partial charge in [-0.25, -0.2) is 0 Å². The van der Waals surface area contributed by atoms with Gasteiger partial charge in [0.15, 0.2) is 11.5 Å². The summed E-state index contributed by atoms with van der Waals surface area (Å²) >= 11 is 7.21. The molecule has 2 aromatic heterocycles. The SMILES string of the molecule is O=C(O)C1CCCN(C(=O)c2cc(-c3ccc(Cl)s3)on2)C1. The van der Waals surface area contributed by atoms with Crippen molar-refractivity contribution in [2.45, 2.75) is 12.8 Å². The van der Waals surface area contributed by atoms with E-state index in [9.17, 15) is 9.59 Å². The molecule has 1 aliphatic heterocycles. The van der Waals surface area contributed by atoms with Crippen molar-refractivity contribution in [3.05, 3.63) is 28.2 Å². The number of carboxylic acids is 1. The number of hydrogen-bond acceptors (Lipinski definition) is 5. The molecule has 1 unspecified atom stereocenters. The second-order valence-electron chi connectivity index (χ2n) is 5.11. The number of carbonyl (C=O) groups excluding carboxylic acids is 1. The highest BCUT2D eigenvalue weighted by Gasteiger charge is 2.30. The van der Waals surface area contributed by atoms with E-state index in [-0.39, 0.29) is 18.1 Å². The molecule has 1 saturated heterocycles. The van der Waals surface area contributed by atoms with Gasteiger partial charge in [0.1, 0.15) is 0 Å². The average Bonchev–Trinajstić information content (AvgIpc) is 3.15. The molecule has 1 amide bonds. The summed E-state index contributed by atoms with van der Waals surface area (Å²) in [6.45, 7) is 0.747. The Morgan fingerprint density at radius 3 is 2.95 bits per heavy atom. The van der Waals surface area contributed by atoms with Crippen LogP contribution in [0, 0.1) is 5.92 Å². The van der Waals surface area contributed by atoms with Crippen LogP contribution in [0.15, 0.2) is 22.7 Å². The molecule has 1 atom stereocenters. The van der Waals surface area contributed by atoms with Gasteiger partial charge in [-0.1, -0.05) is 16.8 Å². The summed E-state index contributed by atoms with van der Waals surface area (Å²) in [5.41, 5.74) is 0.186. The van der Waals surface area contributed by atoms with Crippen LogP contribution in [-0.4, -0.2) is 40.1 Å². The minimum Gasteiger partial charge on any atom is -0.481 e. The van der Waals surface area contributed by atoms with Crippen LogP contribution < -0.4 is 0 Å². The molecule has 8 heteroatoms. The first-order chi connectivity index (χ1) is 10.5. The number of likely N-dealkylation sites (tertiary alicyclic amines) is 1. The second kappa shape index (κ2) is 6.10. The number of rotatable bonds is 3. The summed E-state index contributed by atoms with van der Waals surface area (Å²) in [5, 5.41) is 12.9. The lowest BCUT2D eigenvalue weighted by atomic mass is 9.98. The number of amides is 1. The maximum atomic E-state index is 12.4. The molecule has 6 nitrogen and oxygen atoms in total. The van der Waals surface area contributed by atoms with Gasteiger partial charge in [-0.15, -0.1) is 11.3 Å². The van der Waals surface area contributed by atoms with Gasteiger partial charge >= 0.3 is 5.97 Å². The van der Waals surface area contributed by atoms with Crippen molar-refractivity contribution in [3.8, 4) is 10.6 Å². The number of aliphatic carboxylic acids is 1. The van der Waals surface area contributed by atoms with Crippen LogP contribution in [0.3, 0.4) is 0 Å². The molecule has 0 radical (unpaired) electrons. The zero-order chi connectivity index (χ0) is 15.7. The largest absolute Gasteiger partial charge is 0.481 e. The first-order valence-electron chi connectivity index (χ1n) is 6.79. The number of carbonyl (C=O) groups is 2. The summed E-state index contributed by atoms with van der Waals surface area (Å²) in [7, 11) is 0. The highest BCUT2D eigenvalue weighted by Crippen LogP contribution is 2.31. The highest BCUT2D eigenvalue weighted by molar-refractivity contribution is 7.19. The highest BCUT2D eigenvalue weighted by atomic mass is 35.5. The van der Waals surface area contributed by atoms with E-state index in [2.05, 4.69) is 5.16 Å². The van der Waals surface area contributed by atoms with Gasteiger partial charge in [0.05, 0.1) is 15.1 Å². The Balaban J connectivity index is 1.75. The summed E-state index contributed by atoms with van der Waals surface area (Å²) in [4.78, 5) is 25.8. The van der Waals surface area contributed by atoms with E-state index < -0.39 is 11.9 Å². The van der Waals surface area contributed by atoms with Crippen LogP contribution in [-0.2, 0) is 4.79 Å². The lowest BCUT2D eigenvalue weighted by molar-refractivity contribution is -0.143. The third kappa shape index (κ3) is 3.00. The quantitative estimate of drug-likeness (QED) is 0.928. The smallest absolute Gasteiger partial charge is 0.308 e. The summed E-state index contributed by atoms with van der Waals surface area (Å²) in [5.74, 6) is -1.21. The lowest BCUT2D eigenvalue weighted by Crippen LogP contribution is -2.42. The van der Waals surface area contributed by atoms with Gasteiger partial charge in [0, 0.05) is 19.2 Å². The third-order valence-corrected chi connectivity index (χ3v) is 4.85. The van der Waals surface area contributed by atoms with E-state index >= 15 is 0 Å². The first kappa shape index (κ1) is 15.1. The third-order valence-electron chi connectivity index (χ3n) is 3.60. The van der Waals surface area contributed by atoms with Crippen molar-refractivity contribution in [2.24, 2.45) is 5.92 Å². The van der Waals surface area contributed by atoms with Crippen LogP contribution >= 0.6 is 22.9 Å². The van der Waals surface area contributed by atoms with Crippen molar-refractivity contribution in [2.75, 3.05) is 13.1 Å². The van der Waals surface area contributed by atoms with Crippen LogP contribution in [0.4, 0.5) is 0 Å². The van der Waals surface area contributed by atoms with Crippen molar-refractivity contribution in [1.82, 2.24) is 10.1 Å². The van der Waals surface area contributed by atoms with Crippen molar-refractivity contribution < 1.29 is 19.2 Å². The van der Waals surface area contributed by atoms with Crippen molar-refractivity contribution >= 4 is 34.8 Å². The van der Waals surface area contributed by atoms with E-state index in [1.54, 1.807) is 18.2 Å². The maximum absolute atomic E-state index is 12.4. The summed E-state index contributed by atoms with van der Waals surface area (Å²) in [6, 6.07) is 5.10. The minimum absolute atomic E-state index is 0.186. The Bertz CT molecular complexity index is 711. The molecule has 22 heavy (non-hydrogen) atoms. The van der Waals surface area contributed by atoms with Gasteiger partial charge in [0.2, 0.25) is 0 Å². The van der Waals surface area contributed by atoms with E-state index in [0.717, 1.165) is 4.88 Å². The maximum Gasteiger partial charge on any atom is 0.308 e. The lowest BCUT2D eigenvalue weighted by Gasteiger charge is -2.29. The van der Waals surface area contributed by atoms with Gasteiger partial charge in [-0.2, -0.15) is 0 Å². The predicted octanol–water partition coefficient (Wildman–Crippen LogP) is 2.99. The standard InChI is InChI=1S/C14H13ClN2O4S/c15-12-4-3-11(22-12)10-6-9(16-21-10)13(18)17-5-1-2-8(7-17)14(19)20/h3-4,6,8H,1-2,5,7H2,(H,19,20). The number of carboxylic acid groups (broad SMARTS) is 1. The topological polar surface area (TPSA) is 83.6 Å². The van der Waals surface area contributed by atoms with E-state index in [0.29, 0.717) is 29.5 Å². The Labute approximate surface area is 135 Å².